The lowest BCUT2D eigenvalue weighted by molar-refractivity contribution is -0.151. The summed E-state index contributed by atoms with van der Waals surface area (Å²) in [7, 11) is 3.00. The number of hydrogen-bond acceptors (Lipinski definition) is 6. The van der Waals surface area contributed by atoms with Gasteiger partial charge in [-0.05, 0) is 43.3 Å². The summed E-state index contributed by atoms with van der Waals surface area (Å²) < 4.78 is 28.8. The van der Waals surface area contributed by atoms with E-state index in [2.05, 4.69) is 0 Å². The Bertz CT molecular complexity index is 959. The molecule has 2 aromatic carbocycles. The zero-order chi connectivity index (χ0) is 21.8. The molecule has 0 aliphatic carbocycles. The van der Waals surface area contributed by atoms with Gasteiger partial charge in [-0.25, -0.2) is 4.39 Å². The summed E-state index contributed by atoms with van der Waals surface area (Å²) in [6.45, 7) is 1.56. The minimum absolute atomic E-state index is 0.0362. The van der Waals surface area contributed by atoms with Gasteiger partial charge < -0.3 is 19.1 Å². The molecule has 0 N–H and O–H groups in total. The molecule has 2 aromatic rings. The van der Waals surface area contributed by atoms with Crippen molar-refractivity contribution in [3.63, 3.8) is 0 Å². The van der Waals surface area contributed by atoms with Crippen LogP contribution < -0.4 is 14.4 Å². The van der Waals surface area contributed by atoms with Crippen LogP contribution in [0.25, 0.3) is 0 Å². The summed E-state index contributed by atoms with van der Waals surface area (Å²) in [6, 6.07) is 10.0. The molecule has 0 spiro atoms. The van der Waals surface area contributed by atoms with Crippen molar-refractivity contribution in [3.8, 4) is 11.5 Å². The van der Waals surface area contributed by atoms with Gasteiger partial charge in [0, 0.05) is 24.6 Å². The minimum Gasteiger partial charge on any atom is -0.497 e. The highest BCUT2D eigenvalue weighted by Gasteiger charge is 2.38. The Morgan fingerprint density at radius 2 is 1.80 bits per heavy atom. The van der Waals surface area contributed by atoms with Crippen LogP contribution in [-0.4, -0.2) is 44.5 Å². The smallest absolute Gasteiger partial charge is 0.312 e. The molecule has 1 heterocycles. The summed E-state index contributed by atoms with van der Waals surface area (Å²) in [5, 5.41) is 0. The van der Waals surface area contributed by atoms with E-state index in [0.717, 1.165) is 12.1 Å². The Hall–Kier alpha value is -3.42. The lowest BCUT2D eigenvalue weighted by Gasteiger charge is -2.20. The van der Waals surface area contributed by atoms with Gasteiger partial charge >= 0.3 is 5.97 Å². The van der Waals surface area contributed by atoms with Gasteiger partial charge in [0.05, 0.1) is 25.8 Å². The number of ketones is 1. The molecule has 0 unspecified atom stereocenters. The lowest BCUT2D eigenvalue weighted by atomic mass is 10.1. The highest BCUT2D eigenvalue weighted by molar-refractivity contribution is 6.02. The number of methoxy groups -OCH3 is 2. The molecule has 30 heavy (non-hydrogen) atoms. The second-order valence-corrected chi connectivity index (χ2v) is 6.89. The first kappa shape index (κ1) is 21.3. The molecule has 158 valence electrons. The number of hydrogen-bond donors (Lipinski definition) is 0. The Labute approximate surface area is 173 Å². The van der Waals surface area contributed by atoms with Crippen molar-refractivity contribution < 1.29 is 33.0 Å². The van der Waals surface area contributed by atoms with E-state index >= 15 is 0 Å². The topological polar surface area (TPSA) is 82.1 Å². The second-order valence-electron chi connectivity index (χ2n) is 6.89. The number of nitrogens with zero attached hydrogens (tertiary/aromatic N) is 1. The number of amides is 1. The Kier molecular flexibility index (Phi) is 6.34. The number of halogens is 1. The fourth-order valence-electron chi connectivity index (χ4n) is 3.28. The van der Waals surface area contributed by atoms with Crippen LogP contribution in [-0.2, 0) is 14.3 Å². The van der Waals surface area contributed by atoms with Crippen LogP contribution in [0.4, 0.5) is 10.1 Å². The molecule has 0 aromatic heterocycles. The molecule has 1 saturated heterocycles. The number of Topliss-reactive ketones (excluding diaryl/α,β-unsaturated/α-hetero) is 1. The summed E-state index contributed by atoms with van der Waals surface area (Å²) in [4.78, 5) is 38.9. The van der Waals surface area contributed by atoms with E-state index in [0.29, 0.717) is 17.2 Å². The zero-order valence-corrected chi connectivity index (χ0v) is 16.9. The van der Waals surface area contributed by atoms with Crippen LogP contribution in [0.5, 0.6) is 11.5 Å². The van der Waals surface area contributed by atoms with Crippen molar-refractivity contribution in [1.82, 2.24) is 0 Å². The molecule has 1 aliphatic rings. The molecule has 0 bridgehead atoms. The maximum atomic E-state index is 13.0. The van der Waals surface area contributed by atoms with Crippen molar-refractivity contribution in [3.05, 3.63) is 53.8 Å². The molecular weight excluding hydrogens is 393 g/mol. The van der Waals surface area contributed by atoms with Gasteiger partial charge in [-0.3, -0.25) is 14.4 Å². The number of esters is 1. The maximum Gasteiger partial charge on any atom is 0.312 e. The summed E-state index contributed by atoms with van der Waals surface area (Å²) in [6.07, 6.45) is -1.09. The Morgan fingerprint density at radius 1 is 1.10 bits per heavy atom. The quantitative estimate of drug-likeness (QED) is 0.511. The van der Waals surface area contributed by atoms with Gasteiger partial charge in [-0.15, -0.1) is 0 Å². The van der Waals surface area contributed by atoms with Crippen molar-refractivity contribution in [2.45, 2.75) is 19.4 Å². The maximum absolute atomic E-state index is 13.0. The van der Waals surface area contributed by atoms with E-state index < -0.39 is 29.6 Å². The van der Waals surface area contributed by atoms with Crippen LogP contribution >= 0.6 is 0 Å². The molecule has 7 nitrogen and oxygen atoms in total. The number of rotatable bonds is 7. The summed E-state index contributed by atoms with van der Waals surface area (Å²) >= 11 is 0. The molecule has 1 fully saturated rings. The van der Waals surface area contributed by atoms with Crippen LogP contribution in [0, 0.1) is 11.7 Å². The standard InChI is InChI=1S/C22H22FNO6/c1-13(21(26)14-4-6-16(23)7-5-14)30-22(27)15-10-20(25)24(12-15)18-9-8-17(28-2)11-19(18)29-3/h4-9,11,13,15H,10,12H2,1-3H3/t13-,15+/m0/s1. The predicted octanol–water partition coefficient (Wildman–Crippen LogP) is 3.01. The Morgan fingerprint density at radius 3 is 2.43 bits per heavy atom. The van der Waals surface area contributed by atoms with E-state index in [9.17, 15) is 18.8 Å². The lowest BCUT2D eigenvalue weighted by Crippen LogP contribution is -2.30. The first-order valence-electron chi connectivity index (χ1n) is 9.36. The van der Waals surface area contributed by atoms with Gasteiger partial charge in [0.2, 0.25) is 11.7 Å². The highest BCUT2D eigenvalue weighted by Crippen LogP contribution is 2.36. The average molecular weight is 415 g/mol. The SMILES string of the molecule is COc1ccc(N2C[C@H](C(=O)O[C@@H](C)C(=O)c3ccc(F)cc3)CC2=O)c(OC)c1. The van der Waals surface area contributed by atoms with Crippen molar-refractivity contribution >= 4 is 23.3 Å². The first-order chi connectivity index (χ1) is 14.3. The van der Waals surface area contributed by atoms with Crippen LogP contribution in [0.15, 0.2) is 42.5 Å². The van der Waals surface area contributed by atoms with Gasteiger partial charge in [-0.1, -0.05) is 0 Å². The van der Waals surface area contributed by atoms with E-state index in [1.807, 2.05) is 0 Å². The number of ether oxygens (including phenoxy) is 3. The van der Waals surface area contributed by atoms with E-state index in [4.69, 9.17) is 14.2 Å². The third-order valence-corrected chi connectivity index (χ3v) is 4.93. The predicted molar refractivity (Wildman–Crippen MR) is 106 cm³/mol. The van der Waals surface area contributed by atoms with E-state index in [-0.39, 0.29) is 24.4 Å². The molecule has 3 rings (SSSR count). The van der Waals surface area contributed by atoms with Crippen LogP contribution in [0.1, 0.15) is 23.7 Å². The highest BCUT2D eigenvalue weighted by atomic mass is 19.1. The monoisotopic (exact) mass is 415 g/mol. The second kappa shape index (κ2) is 8.94. The Balaban J connectivity index is 1.68. The fraction of sp³-hybridized carbons (Fsp3) is 0.318. The van der Waals surface area contributed by atoms with Crippen LogP contribution in [0.3, 0.4) is 0 Å². The third kappa shape index (κ3) is 4.42. The molecule has 8 heteroatoms. The average Bonchev–Trinajstić information content (AvgIpc) is 3.14. The van der Waals surface area contributed by atoms with Gasteiger partial charge in [0.1, 0.15) is 17.3 Å². The zero-order valence-electron chi connectivity index (χ0n) is 16.9. The van der Waals surface area contributed by atoms with E-state index in [1.165, 1.54) is 38.2 Å². The molecular formula is C22H22FNO6. The molecule has 1 aliphatic heterocycles. The fourth-order valence-corrected chi connectivity index (χ4v) is 3.28. The summed E-state index contributed by atoms with van der Waals surface area (Å²) in [5.41, 5.74) is 0.762. The van der Waals surface area contributed by atoms with Gasteiger partial charge in [-0.2, -0.15) is 0 Å². The normalized spacial score (nSPS) is 16.9. The molecule has 0 radical (unpaired) electrons. The van der Waals surface area contributed by atoms with E-state index in [1.54, 1.807) is 18.2 Å². The number of carbonyl (C=O) groups is 3. The van der Waals surface area contributed by atoms with Crippen molar-refractivity contribution in [1.29, 1.82) is 0 Å². The van der Waals surface area contributed by atoms with Crippen LogP contribution in [0.2, 0.25) is 0 Å². The summed E-state index contributed by atoms with van der Waals surface area (Å²) in [5.74, 6) is -1.49. The third-order valence-electron chi connectivity index (χ3n) is 4.93. The first-order valence-corrected chi connectivity index (χ1v) is 9.36. The minimum atomic E-state index is -1.05. The number of benzene rings is 2. The largest absolute Gasteiger partial charge is 0.497 e. The van der Waals surface area contributed by atoms with Crippen molar-refractivity contribution in [2.24, 2.45) is 5.92 Å². The molecule has 1 amide bonds. The van der Waals surface area contributed by atoms with Gasteiger partial charge in [0.15, 0.2) is 6.10 Å². The number of anilines is 1. The molecule has 0 saturated carbocycles. The number of carbonyl (C=O) groups excluding carboxylic acids is 3. The molecule has 2 atom stereocenters. The van der Waals surface area contributed by atoms with Gasteiger partial charge in [0.25, 0.3) is 0 Å². The van der Waals surface area contributed by atoms with Crippen molar-refractivity contribution in [2.75, 3.05) is 25.7 Å².